The van der Waals surface area contributed by atoms with Crippen molar-refractivity contribution in [2.45, 2.75) is 0 Å². The van der Waals surface area contributed by atoms with E-state index in [-0.39, 0.29) is 23.1 Å². The van der Waals surface area contributed by atoms with Crippen LogP contribution in [0.3, 0.4) is 0 Å². The van der Waals surface area contributed by atoms with Crippen molar-refractivity contribution in [1.82, 2.24) is 9.80 Å². The number of amides is 2. The van der Waals surface area contributed by atoms with Gasteiger partial charge >= 0.3 is 5.97 Å². The highest BCUT2D eigenvalue weighted by atomic mass is 32.1. The molecule has 1 saturated heterocycles. The lowest BCUT2D eigenvalue weighted by atomic mass is 10.2. The Hall–Kier alpha value is -3.07. The Morgan fingerprint density at radius 3 is 2.37 bits per heavy atom. The van der Waals surface area contributed by atoms with Crippen molar-refractivity contribution in [3.05, 3.63) is 46.2 Å². The minimum atomic E-state index is -0.854. The topological polar surface area (TPSA) is 107 Å². The second-order valence-electron chi connectivity index (χ2n) is 5.93. The average molecular weight is 390 g/mol. The minimum absolute atomic E-state index is 0.0497. The molecule has 1 aromatic heterocycles. The van der Waals surface area contributed by atoms with Crippen molar-refractivity contribution in [3.63, 3.8) is 0 Å². The van der Waals surface area contributed by atoms with Crippen LogP contribution in [-0.2, 0) is 9.53 Å². The van der Waals surface area contributed by atoms with Gasteiger partial charge in [0.15, 0.2) is 6.61 Å². The van der Waals surface area contributed by atoms with E-state index in [0.29, 0.717) is 31.1 Å². The molecule has 2 N–H and O–H groups in total. The highest BCUT2D eigenvalue weighted by Gasteiger charge is 2.26. The molecule has 3 rings (SSSR count). The van der Waals surface area contributed by atoms with Crippen molar-refractivity contribution in [1.29, 1.82) is 0 Å². The maximum Gasteiger partial charge on any atom is 0.342 e. The van der Waals surface area contributed by atoms with Crippen LogP contribution in [0.15, 0.2) is 35.7 Å². The van der Waals surface area contributed by atoms with E-state index >= 15 is 0 Å². The van der Waals surface area contributed by atoms with Crippen LogP contribution in [0.1, 0.15) is 20.0 Å². The molecule has 1 fully saturated rings. The Balaban J connectivity index is 1.48. The number of hydrogen-bond acceptors (Lipinski definition) is 7. The van der Waals surface area contributed by atoms with Gasteiger partial charge in [-0.15, -0.1) is 11.3 Å². The molecule has 2 heterocycles. The van der Waals surface area contributed by atoms with Gasteiger partial charge in [-0.3, -0.25) is 9.59 Å². The summed E-state index contributed by atoms with van der Waals surface area (Å²) in [7, 11) is 0. The van der Waals surface area contributed by atoms with Gasteiger partial charge < -0.3 is 24.7 Å². The van der Waals surface area contributed by atoms with E-state index < -0.39 is 18.3 Å². The molecule has 1 aliphatic heterocycles. The number of hydrogen-bond donors (Lipinski definition) is 2. The van der Waals surface area contributed by atoms with E-state index in [4.69, 9.17) is 4.74 Å². The molecule has 142 valence electrons. The Kier molecular flexibility index (Phi) is 5.60. The summed E-state index contributed by atoms with van der Waals surface area (Å²) in [5.74, 6) is -1.88. The molecule has 0 aliphatic carbocycles. The number of nitrogens with zero attached hydrogens (tertiary/aromatic N) is 2. The first-order valence-corrected chi connectivity index (χ1v) is 9.13. The number of esters is 1. The van der Waals surface area contributed by atoms with Gasteiger partial charge in [0.25, 0.3) is 11.8 Å². The van der Waals surface area contributed by atoms with Crippen LogP contribution in [-0.4, -0.2) is 70.6 Å². The van der Waals surface area contributed by atoms with Gasteiger partial charge in [0, 0.05) is 32.2 Å². The molecular weight excluding hydrogens is 372 g/mol. The summed E-state index contributed by atoms with van der Waals surface area (Å²) < 4.78 is 4.95. The molecule has 8 nitrogen and oxygen atoms in total. The molecule has 0 bridgehead atoms. The molecule has 1 aromatic carbocycles. The van der Waals surface area contributed by atoms with Crippen LogP contribution in [0.2, 0.25) is 0 Å². The predicted molar refractivity (Wildman–Crippen MR) is 96.9 cm³/mol. The van der Waals surface area contributed by atoms with Crippen molar-refractivity contribution in [3.8, 4) is 11.5 Å². The number of aromatic hydroxyl groups is 2. The largest absolute Gasteiger partial charge is 0.508 e. The Bertz CT molecular complexity index is 844. The highest BCUT2D eigenvalue weighted by molar-refractivity contribution is 7.12. The van der Waals surface area contributed by atoms with Crippen LogP contribution >= 0.6 is 11.3 Å². The summed E-state index contributed by atoms with van der Waals surface area (Å²) in [5, 5.41) is 20.7. The van der Waals surface area contributed by atoms with E-state index in [2.05, 4.69) is 0 Å². The van der Waals surface area contributed by atoms with Crippen molar-refractivity contribution >= 4 is 29.1 Å². The number of carbonyl (C=O) groups excluding carboxylic acids is 3. The summed E-state index contributed by atoms with van der Waals surface area (Å²) >= 11 is 1.38. The van der Waals surface area contributed by atoms with E-state index in [9.17, 15) is 24.6 Å². The molecule has 2 amide bonds. The van der Waals surface area contributed by atoms with Gasteiger partial charge in [-0.2, -0.15) is 0 Å². The fourth-order valence-electron chi connectivity index (χ4n) is 2.70. The summed E-state index contributed by atoms with van der Waals surface area (Å²) in [6, 6.07) is 7.05. The van der Waals surface area contributed by atoms with Crippen LogP contribution in [0.5, 0.6) is 11.5 Å². The van der Waals surface area contributed by atoms with E-state index in [1.165, 1.54) is 28.4 Å². The van der Waals surface area contributed by atoms with Crippen LogP contribution < -0.4 is 0 Å². The molecule has 1 aliphatic rings. The van der Waals surface area contributed by atoms with Crippen molar-refractivity contribution < 1.29 is 29.3 Å². The molecule has 0 saturated carbocycles. The van der Waals surface area contributed by atoms with Gasteiger partial charge in [-0.05, 0) is 23.6 Å². The van der Waals surface area contributed by atoms with Crippen LogP contribution in [0.25, 0.3) is 0 Å². The second kappa shape index (κ2) is 8.09. The molecule has 0 atom stereocenters. The van der Waals surface area contributed by atoms with Crippen molar-refractivity contribution in [2.75, 3.05) is 32.8 Å². The maximum absolute atomic E-state index is 12.3. The normalized spacial score (nSPS) is 14.1. The monoisotopic (exact) mass is 390 g/mol. The van der Waals surface area contributed by atoms with Gasteiger partial charge in [-0.25, -0.2) is 4.79 Å². The Morgan fingerprint density at radius 1 is 1.04 bits per heavy atom. The summed E-state index contributed by atoms with van der Waals surface area (Å²) in [4.78, 5) is 40.3. The number of phenols is 2. The Morgan fingerprint density at radius 2 is 1.74 bits per heavy atom. The zero-order valence-electron chi connectivity index (χ0n) is 14.3. The quantitative estimate of drug-likeness (QED) is 0.762. The highest BCUT2D eigenvalue weighted by Crippen LogP contribution is 2.23. The molecule has 0 radical (unpaired) electrons. The molecular formula is C18H18N2O6S. The first kappa shape index (κ1) is 18.7. The molecule has 0 spiro atoms. The fraction of sp³-hybridized carbons (Fsp3) is 0.278. The van der Waals surface area contributed by atoms with Gasteiger partial charge in [0.1, 0.15) is 17.1 Å². The predicted octanol–water partition coefficient (Wildman–Crippen LogP) is 1.30. The number of ether oxygens (including phenoxy) is 1. The lowest BCUT2D eigenvalue weighted by Gasteiger charge is -2.34. The smallest absolute Gasteiger partial charge is 0.342 e. The summed E-state index contributed by atoms with van der Waals surface area (Å²) in [5.41, 5.74) is -0.132. The third kappa shape index (κ3) is 4.37. The van der Waals surface area contributed by atoms with E-state index in [1.807, 2.05) is 11.4 Å². The maximum atomic E-state index is 12.3. The summed E-state index contributed by atoms with van der Waals surface area (Å²) in [6.45, 7) is 1.08. The average Bonchev–Trinajstić information content (AvgIpc) is 3.20. The van der Waals surface area contributed by atoms with E-state index in [0.717, 1.165) is 6.07 Å². The number of thiophene rings is 1. The number of phenolic OH excluding ortho intramolecular Hbond substituents is 2. The third-order valence-corrected chi connectivity index (χ3v) is 5.04. The zero-order valence-corrected chi connectivity index (χ0v) is 15.1. The van der Waals surface area contributed by atoms with E-state index in [1.54, 1.807) is 11.0 Å². The number of carbonyl (C=O) groups is 3. The molecule has 9 heteroatoms. The SMILES string of the molecule is O=C(OCC(=O)N1CCN(C(=O)c2cccs2)CC1)c1ccc(O)cc1O. The zero-order chi connectivity index (χ0) is 19.4. The van der Waals surface area contributed by atoms with Crippen LogP contribution in [0.4, 0.5) is 0 Å². The molecule has 2 aromatic rings. The minimum Gasteiger partial charge on any atom is -0.508 e. The first-order valence-electron chi connectivity index (χ1n) is 8.25. The first-order chi connectivity index (χ1) is 13.0. The van der Waals surface area contributed by atoms with Gasteiger partial charge in [-0.1, -0.05) is 6.07 Å². The van der Waals surface area contributed by atoms with Gasteiger partial charge in [0.2, 0.25) is 0 Å². The Labute approximate surface area is 159 Å². The number of rotatable bonds is 4. The lowest BCUT2D eigenvalue weighted by Crippen LogP contribution is -2.51. The van der Waals surface area contributed by atoms with Crippen molar-refractivity contribution in [2.24, 2.45) is 0 Å². The summed E-state index contributed by atoms with van der Waals surface area (Å²) in [6.07, 6.45) is 0. The molecule has 27 heavy (non-hydrogen) atoms. The lowest BCUT2D eigenvalue weighted by molar-refractivity contribution is -0.136. The van der Waals surface area contributed by atoms with Crippen LogP contribution in [0, 0.1) is 0 Å². The fourth-order valence-corrected chi connectivity index (χ4v) is 3.39. The third-order valence-electron chi connectivity index (χ3n) is 4.18. The number of piperazine rings is 1. The molecule has 0 unspecified atom stereocenters. The van der Waals surface area contributed by atoms with Gasteiger partial charge in [0.05, 0.1) is 4.88 Å². The number of benzene rings is 1. The standard InChI is InChI=1S/C18H18N2O6S/c21-12-3-4-13(14(22)10-12)18(25)26-11-16(23)19-5-7-20(8-6-19)17(24)15-2-1-9-27-15/h1-4,9-10,21-22H,5-8,11H2. The second-order valence-corrected chi connectivity index (χ2v) is 6.88.